The Bertz CT molecular complexity index is 1380. The molecule has 9 heteroatoms. The fraction of sp³-hybridized carbons (Fsp3) is 0.280. The molecule has 0 atom stereocenters. The van der Waals surface area contributed by atoms with Crippen LogP contribution in [0.2, 0.25) is 5.02 Å². The Hall–Kier alpha value is -3.10. The van der Waals surface area contributed by atoms with E-state index in [0.29, 0.717) is 16.3 Å². The van der Waals surface area contributed by atoms with E-state index in [-0.39, 0.29) is 0 Å². The van der Waals surface area contributed by atoms with Gasteiger partial charge in [-0.05, 0) is 87.7 Å². The summed E-state index contributed by atoms with van der Waals surface area (Å²) in [5.41, 5.74) is 9.84. The summed E-state index contributed by atoms with van der Waals surface area (Å²) in [5, 5.41) is 4.56. The van der Waals surface area contributed by atoms with Gasteiger partial charge in [0, 0.05) is 27.7 Å². The molecular weight excluding hydrogens is 472 g/mol. The Morgan fingerprint density at radius 1 is 1.03 bits per heavy atom. The second-order valence-corrected chi connectivity index (χ2v) is 10.8. The number of aryl methyl sites for hydroxylation is 4. The van der Waals surface area contributed by atoms with Crippen LogP contribution in [-0.4, -0.2) is 37.9 Å². The molecule has 0 fully saturated rings. The summed E-state index contributed by atoms with van der Waals surface area (Å²) in [5.74, 6) is -0.556. The number of halogens is 1. The van der Waals surface area contributed by atoms with Gasteiger partial charge in [-0.1, -0.05) is 17.7 Å². The highest BCUT2D eigenvalue weighted by atomic mass is 35.5. The number of hydrogen-bond acceptors (Lipinski definition) is 4. The highest BCUT2D eigenvalue weighted by Gasteiger charge is 2.22. The SMILES string of the molecule is Cc1ccc(-n2c(C)cc(/C=N\NC(=O)CN(c3ccc(Cl)cc3C)S(C)(=O)=O)c2C)cc1C. The van der Waals surface area contributed by atoms with E-state index in [1.165, 1.54) is 11.1 Å². The number of aromatic nitrogens is 1. The molecule has 0 aliphatic heterocycles. The van der Waals surface area contributed by atoms with Gasteiger partial charge >= 0.3 is 0 Å². The van der Waals surface area contributed by atoms with Crippen LogP contribution in [-0.2, 0) is 14.8 Å². The maximum Gasteiger partial charge on any atom is 0.260 e. The van der Waals surface area contributed by atoms with E-state index in [4.69, 9.17) is 11.6 Å². The fourth-order valence-corrected chi connectivity index (χ4v) is 4.94. The van der Waals surface area contributed by atoms with E-state index in [1.54, 1.807) is 31.3 Å². The van der Waals surface area contributed by atoms with Crippen molar-refractivity contribution in [2.75, 3.05) is 17.1 Å². The zero-order chi connectivity index (χ0) is 25.2. The second kappa shape index (κ2) is 10.0. The number of rotatable bonds is 7. The number of nitrogens with zero attached hydrogens (tertiary/aromatic N) is 3. The van der Waals surface area contributed by atoms with Crippen molar-refractivity contribution in [1.82, 2.24) is 9.99 Å². The van der Waals surface area contributed by atoms with E-state index in [9.17, 15) is 13.2 Å². The monoisotopic (exact) mass is 500 g/mol. The minimum Gasteiger partial charge on any atom is -0.318 e. The molecule has 180 valence electrons. The molecule has 1 heterocycles. The van der Waals surface area contributed by atoms with E-state index < -0.39 is 22.5 Å². The number of benzene rings is 2. The lowest BCUT2D eigenvalue weighted by atomic mass is 10.1. The lowest BCUT2D eigenvalue weighted by Crippen LogP contribution is -2.39. The summed E-state index contributed by atoms with van der Waals surface area (Å²) in [6, 6.07) is 13.1. The van der Waals surface area contributed by atoms with Crippen molar-refractivity contribution in [2.24, 2.45) is 5.10 Å². The summed E-state index contributed by atoms with van der Waals surface area (Å²) in [6.45, 7) is 9.49. The summed E-state index contributed by atoms with van der Waals surface area (Å²) < 4.78 is 27.8. The Balaban J connectivity index is 1.77. The first-order valence-corrected chi connectivity index (χ1v) is 12.9. The van der Waals surface area contributed by atoms with Crippen LogP contribution in [0.5, 0.6) is 0 Å². The molecule has 0 bridgehead atoms. The van der Waals surface area contributed by atoms with Crippen molar-refractivity contribution in [2.45, 2.75) is 34.6 Å². The molecule has 1 N–H and O–H groups in total. The van der Waals surface area contributed by atoms with Crippen LogP contribution in [0, 0.1) is 34.6 Å². The minimum atomic E-state index is -3.70. The van der Waals surface area contributed by atoms with Crippen molar-refractivity contribution >= 4 is 39.4 Å². The van der Waals surface area contributed by atoms with Crippen LogP contribution in [0.15, 0.2) is 47.6 Å². The Morgan fingerprint density at radius 3 is 2.35 bits per heavy atom. The van der Waals surface area contributed by atoms with Gasteiger partial charge in [-0.2, -0.15) is 5.10 Å². The number of hydrazone groups is 1. The predicted octanol–water partition coefficient (Wildman–Crippen LogP) is 4.59. The lowest BCUT2D eigenvalue weighted by molar-refractivity contribution is -0.119. The van der Waals surface area contributed by atoms with E-state index in [1.807, 2.05) is 19.9 Å². The van der Waals surface area contributed by atoms with Crippen LogP contribution in [0.1, 0.15) is 33.6 Å². The number of carbonyl (C=O) groups excluding carboxylic acids is 1. The molecule has 1 amide bonds. The van der Waals surface area contributed by atoms with Crippen LogP contribution in [0.4, 0.5) is 5.69 Å². The first-order chi connectivity index (χ1) is 15.9. The van der Waals surface area contributed by atoms with Crippen molar-refractivity contribution in [3.8, 4) is 5.69 Å². The van der Waals surface area contributed by atoms with E-state index >= 15 is 0 Å². The van der Waals surface area contributed by atoms with Gasteiger partial charge in [0.15, 0.2) is 0 Å². The predicted molar refractivity (Wildman–Crippen MR) is 139 cm³/mol. The quantitative estimate of drug-likeness (QED) is 0.380. The molecule has 0 aliphatic rings. The van der Waals surface area contributed by atoms with Gasteiger partial charge in [0.2, 0.25) is 10.0 Å². The summed E-state index contributed by atoms with van der Waals surface area (Å²) in [6.07, 6.45) is 2.62. The molecule has 34 heavy (non-hydrogen) atoms. The third kappa shape index (κ3) is 5.69. The van der Waals surface area contributed by atoms with Gasteiger partial charge in [0.05, 0.1) is 18.2 Å². The average molecular weight is 501 g/mol. The number of carbonyl (C=O) groups is 1. The highest BCUT2D eigenvalue weighted by Crippen LogP contribution is 2.25. The third-order valence-electron chi connectivity index (χ3n) is 5.73. The zero-order valence-corrected chi connectivity index (χ0v) is 21.8. The van der Waals surface area contributed by atoms with E-state index in [2.05, 4.69) is 47.1 Å². The largest absolute Gasteiger partial charge is 0.318 e. The summed E-state index contributed by atoms with van der Waals surface area (Å²) in [7, 11) is -3.70. The van der Waals surface area contributed by atoms with Crippen LogP contribution in [0.3, 0.4) is 0 Å². The minimum absolute atomic E-state index is 0.392. The second-order valence-electron chi connectivity index (χ2n) is 8.42. The standard InChI is InChI=1S/C25H29ClN4O3S/c1-16-7-9-23(12-17(16)2)30-19(4)13-21(20(30)5)14-27-28-25(31)15-29(34(6,32)33)24-10-8-22(26)11-18(24)3/h7-14H,15H2,1-6H3,(H,28,31)/b27-14-. The van der Waals surface area contributed by atoms with Gasteiger partial charge in [-0.3, -0.25) is 9.10 Å². The van der Waals surface area contributed by atoms with Crippen LogP contribution >= 0.6 is 11.6 Å². The molecule has 0 aliphatic carbocycles. The lowest BCUT2D eigenvalue weighted by Gasteiger charge is -2.23. The van der Waals surface area contributed by atoms with Gasteiger partial charge in [0.25, 0.3) is 5.91 Å². The fourth-order valence-electron chi connectivity index (χ4n) is 3.80. The van der Waals surface area contributed by atoms with Crippen LogP contribution in [0.25, 0.3) is 5.69 Å². The maximum absolute atomic E-state index is 12.5. The van der Waals surface area contributed by atoms with Gasteiger partial charge in [0.1, 0.15) is 6.54 Å². The topological polar surface area (TPSA) is 83.8 Å². The van der Waals surface area contributed by atoms with Crippen molar-refractivity contribution in [3.05, 3.63) is 81.1 Å². The molecule has 0 saturated heterocycles. The van der Waals surface area contributed by atoms with Crippen molar-refractivity contribution in [3.63, 3.8) is 0 Å². The maximum atomic E-state index is 12.5. The molecule has 3 rings (SSSR count). The van der Waals surface area contributed by atoms with Gasteiger partial charge < -0.3 is 4.57 Å². The molecule has 0 spiro atoms. The Kier molecular flexibility index (Phi) is 7.53. The highest BCUT2D eigenvalue weighted by molar-refractivity contribution is 7.92. The Labute approximate surface area is 206 Å². The molecule has 1 aromatic heterocycles. The summed E-state index contributed by atoms with van der Waals surface area (Å²) in [4.78, 5) is 12.5. The van der Waals surface area contributed by atoms with Crippen molar-refractivity contribution < 1.29 is 13.2 Å². The third-order valence-corrected chi connectivity index (χ3v) is 7.09. The number of anilines is 1. The number of hydrogen-bond donors (Lipinski definition) is 1. The first kappa shape index (κ1) is 25.5. The van der Waals surface area contributed by atoms with Crippen LogP contribution < -0.4 is 9.73 Å². The Morgan fingerprint density at radius 2 is 1.74 bits per heavy atom. The molecule has 0 saturated carbocycles. The molecule has 7 nitrogen and oxygen atoms in total. The van der Waals surface area contributed by atoms with Crippen molar-refractivity contribution in [1.29, 1.82) is 0 Å². The zero-order valence-electron chi connectivity index (χ0n) is 20.2. The smallest absolute Gasteiger partial charge is 0.260 e. The number of nitrogens with one attached hydrogen (secondary N) is 1. The molecule has 0 radical (unpaired) electrons. The molecule has 0 unspecified atom stereocenters. The van der Waals surface area contributed by atoms with E-state index in [0.717, 1.165) is 33.2 Å². The number of amides is 1. The van der Waals surface area contributed by atoms with Gasteiger partial charge in [-0.15, -0.1) is 0 Å². The molecular formula is C25H29ClN4O3S. The number of sulfonamides is 1. The normalized spacial score (nSPS) is 11.7. The molecule has 3 aromatic rings. The van der Waals surface area contributed by atoms with Gasteiger partial charge in [-0.25, -0.2) is 13.8 Å². The average Bonchev–Trinajstić information content (AvgIpc) is 3.01. The first-order valence-electron chi connectivity index (χ1n) is 10.7. The summed E-state index contributed by atoms with van der Waals surface area (Å²) >= 11 is 5.98. The molecule has 2 aromatic carbocycles.